The van der Waals surface area contributed by atoms with Crippen molar-refractivity contribution in [2.45, 2.75) is 0 Å². The smallest absolute Gasteiger partial charge is 0.171 e. The molecule has 0 saturated heterocycles. The van der Waals surface area contributed by atoms with Gasteiger partial charge in [0.05, 0.1) is 0 Å². The van der Waals surface area contributed by atoms with E-state index in [0.29, 0.717) is 7.81 Å². The summed E-state index contributed by atoms with van der Waals surface area (Å²) in [7, 11) is 2.86. The Morgan fingerprint density at radius 3 is 2.25 bits per heavy atom. The van der Waals surface area contributed by atoms with Crippen LogP contribution in [0.3, 0.4) is 0 Å². The third-order valence-electron chi connectivity index (χ3n) is 0.0630. The van der Waals surface area contributed by atoms with E-state index in [4.69, 9.17) is 11.2 Å². The molecule has 23 valence electrons. The first-order valence-corrected chi connectivity index (χ1v) is 3.57. The van der Waals surface area contributed by atoms with Gasteiger partial charge in [-0.1, -0.05) is 7.81 Å². The SMILES string of the molecule is P[B]PCl. The molecule has 0 nitrogen and oxygen atoms in total. The quantitative estimate of drug-likeness (QED) is 0.352. The van der Waals surface area contributed by atoms with Gasteiger partial charge in [0.25, 0.3) is 0 Å². The molecule has 0 aliphatic carbocycles. The van der Waals surface area contributed by atoms with Crippen LogP contribution < -0.4 is 0 Å². The van der Waals surface area contributed by atoms with Crippen LogP contribution in [-0.4, -0.2) is 6.72 Å². The summed E-state index contributed by atoms with van der Waals surface area (Å²) in [5.74, 6) is 0. The Morgan fingerprint density at radius 2 is 2.25 bits per heavy atom. The first kappa shape index (κ1) is 5.21. The second-order valence-electron chi connectivity index (χ2n) is 0.276. The zero-order valence-corrected chi connectivity index (χ0v) is 4.94. The molecule has 0 aliphatic rings. The van der Waals surface area contributed by atoms with E-state index in [1.54, 1.807) is 0 Å². The summed E-state index contributed by atoms with van der Waals surface area (Å²) in [6.45, 7) is 1.83. The van der Waals surface area contributed by atoms with Crippen molar-refractivity contribution < 1.29 is 0 Å². The second-order valence-corrected chi connectivity index (χ2v) is 2.48. The average molecular weight is 111 g/mol. The highest BCUT2D eigenvalue weighted by atomic mass is 35.7. The van der Waals surface area contributed by atoms with Crippen LogP contribution >= 0.6 is 28.2 Å². The molecule has 0 amide bonds. The largest absolute Gasteiger partial charge is 0.190 e. The van der Waals surface area contributed by atoms with E-state index >= 15 is 0 Å². The fourth-order valence-corrected chi connectivity index (χ4v) is 0. The van der Waals surface area contributed by atoms with Crippen molar-refractivity contribution >= 4 is 34.9 Å². The summed E-state index contributed by atoms with van der Waals surface area (Å²) in [4.78, 5) is 0. The summed E-state index contributed by atoms with van der Waals surface area (Å²) in [6.07, 6.45) is 0. The first-order valence-electron chi connectivity index (χ1n) is 0.811. The van der Waals surface area contributed by atoms with Gasteiger partial charge in [0, 0.05) is 0 Å². The standard InChI is InChI=1S/BClH3P2/c2-4-1-3/h4H,3H2. The minimum Gasteiger partial charge on any atom is -0.171 e. The van der Waals surface area contributed by atoms with Crippen molar-refractivity contribution in [2.75, 3.05) is 0 Å². The third kappa shape index (κ3) is 3.21. The molecule has 0 spiro atoms. The lowest BCUT2D eigenvalue weighted by molar-refractivity contribution is 4.63. The van der Waals surface area contributed by atoms with E-state index in [1.165, 1.54) is 0 Å². The molecule has 0 saturated carbocycles. The van der Waals surface area contributed by atoms with E-state index in [1.807, 2.05) is 6.72 Å². The number of hydrogen-bond acceptors (Lipinski definition) is 0. The number of rotatable bonds is 1. The van der Waals surface area contributed by atoms with Gasteiger partial charge >= 0.3 is 0 Å². The van der Waals surface area contributed by atoms with E-state index in [2.05, 4.69) is 9.12 Å². The molecule has 1 radical (unpaired) electrons. The Labute approximate surface area is 35.6 Å². The molecule has 4 heavy (non-hydrogen) atoms. The molecule has 0 aromatic heterocycles. The van der Waals surface area contributed by atoms with Gasteiger partial charge in [-0.3, -0.25) is 0 Å². The van der Waals surface area contributed by atoms with Crippen LogP contribution in [-0.2, 0) is 0 Å². The Bertz CT molecular complexity index is 8.00. The minimum atomic E-state index is 0.451. The third-order valence-corrected chi connectivity index (χ3v) is 1.70. The molecule has 0 rings (SSSR count). The van der Waals surface area contributed by atoms with Crippen LogP contribution in [0.5, 0.6) is 0 Å². The van der Waals surface area contributed by atoms with Gasteiger partial charge in [-0.2, -0.15) is 9.12 Å². The predicted octanol–water partition coefficient (Wildman–Crippen LogP) is 1.23. The second kappa shape index (κ2) is 4.21. The highest BCUT2D eigenvalue weighted by molar-refractivity contribution is 8.07. The van der Waals surface area contributed by atoms with Crippen LogP contribution in [0.1, 0.15) is 0 Å². The summed E-state index contributed by atoms with van der Waals surface area (Å²) >= 11 is 5.14. The monoisotopic (exact) mass is 111 g/mol. The zero-order chi connectivity index (χ0) is 3.41. The Kier molecular flexibility index (Phi) is 5.50. The predicted molar refractivity (Wildman–Crippen MR) is 29.6 cm³/mol. The van der Waals surface area contributed by atoms with Crippen molar-refractivity contribution in [2.24, 2.45) is 0 Å². The van der Waals surface area contributed by atoms with Gasteiger partial charge in [-0.15, -0.1) is 11.2 Å². The fraction of sp³-hybridized carbons (Fsp3) is 0. The molecule has 0 heterocycles. The number of halogens is 1. The Balaban J connectivity index is 1.97. The van der Waals surface area contributed by atoms with Crippen molar-refractivity contribution in [3.63, 3.8) is 0 Å². The lowest BCUT2D eigenvalue weighted by Crippen LogP contribution is -1.39. The van der Waals surface area contributed by atoms with E-state index < -0.39 is 0 Å². The van der Waals surface area contributed by atoms with E-state index in [9.17, 15) is 0 Å². The van der Waals surface area contributed by atoms with Gasteiger partial charge in [0.1, 0.15) is 0 Å². The van der Waals surface area contributed by atoms with Crippen molar-refractivity contribution in [1.82, 2.24) is 0 Å². The van der Waals surface area contributed by atoms with Gasteiger partial charge < -0.3 is 0 Å². The maximum Gasteiger partial charge on any atom is 0.190 e. The van der Waals surface area contributed by atoms with E-state index in [-0.39, 0.29) is 0 Å². The maximum absolute atomic E-state index is 5.14. The molecule has 0 fully saturated rings. The summed E-state index contributed by atoms with van der Waals surface area (Å²) in [5, 5.41) is 0. The molecule has 0 N–H and O–H groups in total. The van der Waals surface area contributed by atoms with Gasteiger partial charge in [0.15, 0.2) is 6.72 Å². The van der Waals surface area contributed by atoms with Crippen molar-refractivity contribution in [1.29, 1.82) is 0 Å². The van der Waals surface area contributed by atoms with Gasteiger partial charge in [0.2, 0.25) is 0 Å². The molecular formula is H3BClP2. The van der Waals surface area contributed by atoms with Crippen LogP contribution in [0, 0.1) is 0 Å². The lowest BCUT2D eigenvalue weighted by atomic mass is 10.7. The Morgan fingerprint density at radius 1 is 2.00 bits per heavy atom. The van der Waals surface area contributed by atoms with Crippen LogP contribution in [0.2, 0.25) is 0 Å². The zero-order valence-electron chi connectivity index (χ0n) is 2.03. The highest BCUT2D eigenvalue weighted by Gasteiger charge is 1.63. The molecule has 2 unspecified atom stereocenters. The molecule has 2 atom stereocenters. The molecule has 0 aromatic carbocycles. The first-order chi connectivity index (χ1) is 1.91. The summed E-state index contributed by atoms with van der Waals surface area (Å²) in [5.41, 5.74) is 0. The molecule has 0 aromatic rings. The van der Waals surface area contributed by atoms with Crippen LogP contribution in [0.25, 0.3) is 0 Å². The van der Waals surface area contributed by atoms with Crippen LogP contribution in [0.15, 0.2) is 0 Å². The molecule has 0 aliphatic heterocycles. The topological polar surface area (TPSA) is 0 Å². The Hall–Kier alpha value is 1.21. The highest BCUT2D eigenvalue weighted by Crippen LogP contribution is 2.13. The minimum absolute atomic E-state index is 0.451. The van der Waals surface area contributed by atoms with Crippen LogP contribution in [0.4, 0.5) is 0 Å². The fourth-order valence-electron chi connectivity index (χ4n) is 0. The number of hydrogen-bond donors (Lipinski definition) is 0. The normalized spacial score (nSPS) is 9.50. The summed E-state index contributed by atoms with van der Waals surface area (Å²) < 4.78 is 0. The molecule has 4 heteroatoms. The van der Waals surface area contributed by atoms with Gasteiger partial charge in [-0.25, -0.2) is 0 Å². The molecular weight excluding hydrogens is 108 g/mol. The maximum atomic E-state index is 5.14. The average Bonchev–Trinajstić information content (AvgIpc) is 1.37. The van der Waals surface area contributed by atoms with Gasteiger partial charge in [-0.05, 0) is 0 Å². The van der Waals surface area contributed by atoms with E-state index in [0.717, 1.165) is 0 Å². The summed E-state index contributed by atoms with van der Waals surface area (Å²) in [6, 6.07) is 0. The molecule has 0 bridgehead atoms. The van der Waals surface area contributed by atoms with Crippen molar-refractivity contribution in [3.8, 4) is 0 Å². The van der Waals surface area contributed by atoms with Crippen molar-refractivity contribution in [3.05, 3.63) is 0 Å². The lowest BCUT2D eigenvalue weighted by Gasteiger charge is -1.62.